The lowest BCUT2D eigenvalue weighted by atomic mass is 10.1. The molecule has 0 aliphatic rings. The molecular formula is C15H15N5. The molecule has 0 fully saturated rings. The molecule has 1 aromatic carbocycles. The fourth-order valence-electron chi connectivity index (χ4n) is 2.39. The molecule has 20 heavy (non-hydrogen) atoms. The van der Waals surface area contributed by atoms with Crippen molar-refractivity contribution in [2.75, 3.05) is 0 Å². The molecule has 0 aliphatic carbocycles. The number of nitrogens with zero attached hydrogens (tertiary/aromatic N) is 3. The summed E-state index contributed by atoms with van der Waals surface area (Å²) in [6, 6.07) is 11.7. The van der Waals surface area contributed by atoms with Gasteiger partial charge in [0.1, 0.15) is 5.84 Å². The summed E-state index contributed by atoms with van der Waals surface area (Å²) in [6.45, 7) is 3.90. The third kappa shape index (κ3) is 1.84. The molecule has 2 aromatic heterocycles. The number of rotatable bonds is 2. The van der Waals surface area contributed by atoms with Crippen molar-refractivity contribution in [3.8, 4) is 11.4 Å². The molecular weight excluding hydrogens is 250 g/mol. The second kappa shape index (κ2) is 4.45. The largest absolute Gasteiger partial charge is 0.384 e. The fraction of sp³-hybridized carbons (Fsp3) is 0.133. The van der Waals surface area contributed by atoms with Crippen LogP contribution in [0.3, 0.4) is 0 Å². The zero-order chi connectivity index (χ0) is 14.3. The van der Waals surface area contributed by atoms with E-state index in [2.05, 4.69) is 10.1 Å². The molecule has 0 atom stereocenters. The fourth-order valence-corrected chi connectivity index (χ4v) is 2.39. The van der Waals surface area contributed by atoms with Crippen molar-refractivity contribution in [1.29, 1.82) is 5.41 Å². The summed E-state index contributed by atoms with van der Waals surface area (Å²) >= 11 is 0. The zero-order valence-corrected chi connectivity index (χ0v) is 11.4. The van der Waals surface area contributed by atoms with Crippen LogP contribution in [0.1, 0.15) is 16.8 Å². The molecule has 5 heteroatoms. The van der Waals surface area contributed by atoms with E-state index in [-0.39, 0.29) is 5.84 Å². The number of hydrogen-bond donors (Lipinski definition) is 2. The van der Waals surface area contributed by atoms with Gasteiger partial charge in [-0.25, -0.2) is 9.50 Å². The highest BCUT2D eigenvalue weighted by atomic mass is 15.3. The van der Waals surface area contributed by atoms with Crippen molar-refractivity contribution in [1.82, 2.24) is 14.6 Å². The van der Waals surface area contributed by atoms with Crippen LogP contribution in [0.2, 0.25) is 0 Å². The summed E-state index contributed by atoms with van der Waals surface area (Å²) in [5, 5.41) is 12.3. The summed E-state index contributed by atoms with van der Waals surface area (Å²) in [5.74, 6) is 0.654. The van der Waals surface area contributed by atoms with Gasteiger partial charge in [0, 0.05) is 11.3 Å². The van der Waals surface area contributed by atoms with E-state index in [9.17, 15) is 0 Å². The van der Waals surface area contributed by atoms with Crippen molar-refractivity contribution in [2.45, 2.75) is 13.8 Å². The number of aryl methyl sites for hydroxylation is 2. The molecule has 0 saturated carbocycles. The third-order valence-corrected chi connectivity index (χ3v) is 3.29. The standard InChI is InChI=1S/C15H15N5/c1-9-8-10(2)20-15(12(9)13(16)17)18-14(19-20)11-6-4-3-5-7-11/h3-8H,1-2H3,(H3,16,17). The van der Waals surface area contributed by atoms with Crippen molar-refractivity contribution >= 4 is 11.5 Å². The molecule has 0 spiro atoms. The molecule has 2 heterocycles. The zero-order valence-electron chi connectivity index (χ0n) is 11.4. The Morgan fingerprint density at radius 2 is 1.90 bits per heavy atom. The topological polar surface area (TPSA) is 80.1 Å². The molecule has 3 N–H and O–H groups in total. The van der Waals surface area contributed by atoms with Gasteiger partial charge in [-0.3, -0.25) is 5.41 Å². The van der Waals surface area contributed by atoms with Gasteiger partial charge in [0.15, 0.2) is 11.5 Å². The minimum atomic E-state index is 0.0134. The lowest BCUT2D eigenvalue weighted by molar-refractivity contribution is 0.913. The van der Waals surface area contributed by atoms with E-state index in [1.165, 1.54) is 0 Å². The average molecular weight is 265 g/mol. The van der Waals surface area contributed by atoms with Gasteiger partial charge in [-0.15, -0.1) is 5.10 Å². The molecule has 3 aromatic rings. The molecule has 0 aliphatic heterocycles. The van der Waals surface area contributed by atoms with E-state index in [0.717, 1.165) is 16.8 Å². The third-order valence-electron chi connectivity index (χ3n) is 3.29. The lowest BCUT2D eigenvalue weighted by Crippen LogP contribution is -2.15. The maximum absolute atomic E-state index is 7.74. The van der Waals surface area contributed by atoms with Crippen molar-refractivity contribution in [2.24, 2.45) is 5.73 Å². The van der Waals surface area contributed by atoms with Gasteiger partial charge in [0.2, 0.25) is 0 Å². The van der Waals surface area contributed by atoms with Crippen LogP contribution in [0.4, 0.5) is 0 Å². The maximum atomic E-state index is 7.74. The SMILES string of the molecule is Cc1cc(C)n2nc(-c3ccccc3)nc2c1C(=N)N. The Bertz CT molecular complexity index is 802. The van der Waals surface area contributed by atoms with Gasteiger partial charge < -0.3 is 5.73 Å². The average Bonchev–Trinajstić information content (AvgIpc) is 2.84. The number of nitrogens with two attached hydrogens (primary N) is 1. The first-order valence-electron chi connectivity index (χ1n) is 6.34. The molecule has 0 saturated heterocycles. The highest BCUT2D eigenvalue weighted by molar-refractivity contribution is 6.02. The number of fused-ring (bicyclic) bond motifs is 1. The smallest absolute Gasteiger partial charge is 0.182 e. The summed E-state index contributed by atoms with van der Waals surface area (Å²) < 4.78 is 1.74. The minimum Gasteiger partial charge on any atom is -0.384 e. The van der Waals surface area contributed by atoms with Crippen LogP contribution in [0, 0.1) is 19.3 Å². The first-order valence-corrected chi connectivity index (χ1v) is 6.34. The summed E-state index contributed by atoms with van der Waals surface area (Å²) in [7, 11) is 0. The van der Waals surface area contributed by atoms with Crippen molar-refractivity contribution in [3.05, 3.63) is 53.2 Å². The molecule has 3 rings (SSSR count). The van der Waals surface area contributed by atoms with Crippen molar-refractivity contribution in [3.63, 3.8) is 0 Å². The number of nitrogen functional groups attached to an aromatic ring is 1. The Balaban J connectivity index is 2.33. The van der Waals surface area contributed by atoms with Gasteiger partial charge >= 0.3 is 0 Å². The number of hydrogen-bond acceptors (Lipinski definition) is 3. The monoisotopic (exact) mass is 265 g/mol. The van der Waals surface area contributed by atoms with Crippen LogP contribution < -0.4 is 5.73 Å². The quantitative estimate of drug-likeness (QED) is 0.551. The molecule has 0 unspecified atom stereocenters. The van der Waals surface area contributed by atoms with Gasteiger partial charge in [-0.2, -0.15) is 0 Å². The Morgan fingerprint density at radius 3 is 2.55 bits per heavy atom. The molecule has 0 radical (unpaired) electrons. The highest BCUT2D eigenvalue weighted by Crippen LogP contribution is 2.21. The molecule has 5 nitrogen and oxygen atoms in total. The Morgan fingerprint density at radius 1 is 1.20 bits per heavy atom. The Hall–Kier alpha value is -2.69. The Labute approximate surface area is 116 Å². The van der Waals surface area contributed by atoms with E-state index < -0.39 is 0 Å². The number of aromatic nitrogens is 3. The van der Waals surface area contributed by atoms with Crippen LogP contribution in [-0.4, -0.2) is 20.4 Å². The summed E-state index contributed by atoms with van der Waals surface area (Å²) in [4.78, 5) is 4.56. The highest BCUT2D eigenvalue weighted by Gasteiger charge is 2.15. The second-order valence-corrected chi connectivity index (χ2v) is 4.79. The van der Waals surface area contributed by atoms with Gasteiger partial charge in [-0.1, -0.05) is 30.3 Å². The summed E-state index contributed by atoms with van der Waals surface area (Å²) in [5.41, 5.74) is 9.81. The number of nitrogens with one attached hydrogen (secondary N) is 1. The first-order chi connectivity index (χ1) is 9.58. The summed E-state index contributed by atoms with van der Waals surface area (Å²) in [6.07, 6.45) is 0. The van der Waals surface area contributed by atoms with Crippen LogP contribution in [0.25, 0.3) is 17.0 Å². The van der Waals surface area contributed by atoms with E-state index in [1.54, 1.807) is 4.52 Å². The van der Waals surface area contributed by atoms with Gasteiger partial charge in [0.05, 0.1) is 5.56 Å². The van der Waals surface area contributed by atoms with Crippen LogP contribution in [-0.2, 0) is 0 Å². The number of benzene rings is 1. The van der Waals surface area contributed by atoms with Gasteiger partial charge in [0.25, 0.3) is 0 Å². The molecule has 0 amide bonds. The Kier molecular flexibility index (Phi) is 2.75. The predicted octanol–water partition coefficient (Wildman–Crippen LogP) is 2.30. The predicted molar refractivity (Wildman–Crippen MR) is 78.9 cm³/mol. The van der Waals surface area contributed by atoms with Crippen LogP contribution in [0.15, 0.2) is 36.4 Å². The molecule has 100 valence electrons. The van der Waals surface area contributed by atoms with E-state index in [4.69, 9.17) is 11.1 Å². The van der Waals surface area contributed by atoms with Crippen LogP contribution in [0.5, 0.6) is 0 Å². The first kappa shape index (κ1) is 12.3. The minimum absolute atomic E-state index is 0.0134. The lowest BCUT2D eigenvalue weighted by Gasteiger charge is -2.07. The maximum Gasteiger partial charge on any atom is 0.182 e. The van der Waals surface area contributed by atoms with Crippen LogP contribution >= 0.6 is 0 Å². The van der Waals surface area contributed by atoms with E-state index in [1.807, 2.05) is 50.2 Å². The number of pyridine rings is 1. The van der Waals surface area contributed by atoms with Crippen molar-refractivity contribution < 1.29 is 0 Å². The number of amidine groups is 1. The normalized spacial score (nSPS) is 10.9. The second-order valence-electron chi connectivity index (χ2n) is 4.79. The van der Waals surface area contributed by atoms with Gasteiger partial charge in [-0.05, 0) is 25.5 Å². The molecule has 0 bridgehead atoms. The van der Waals surface area contributed by atoms with E-state index in [0.29, 0.717) is 17.0 Å². The van der Waals surface area contributed by atoms with E-state index >= 15 is 0 Å².